The van der Waals surface area contributed by atoms with Crippen molar-refractivity contribution in [1.29, 1.82) is 0 Å². The predicted molar refractivity (Wildman–Crippen MR) is 90.7 cm³/mol. The van der Waals surface area contributed by atoms with Gasteiger partial charge in [0.15, 0.2) is 0 Å². The molecule has 0 aliphatic rings. The van der Waals surface area contributed by atoms with E-state index in [0.717, 1.165) is 25.7 Å². The second-order valence-corrected chi connectivity index (χ2v) is 6.11. The molecule has 2 atom stereocenters. The number of hydrogen-bond acceptors (Lipinski definition) is 3. The molecule has 0 aromatic rings. The molecule has 4 nitrogen and oxygen atoms in total. The van der Waals surface area contributed by atoms with Crippen LogP contribution in [0.2, 0.25) is 0 Å². The van der Waals surface area contributed by atoms with Gasteiger partial charge in [-0.3, -0.25) is 9.59 Å². The molecule has 0 aliphatic carbocycles. The molecule has 130 valence electrons. The second-order valence-electron chi connectivity index (χ2n) is 6.11. The minimum atomic E-state index is -0.207. The smallest absolute Gasteiger partial charge is 0.307 e. The lowest BCUT2D eigenvalue weighted by Gasteiger charge is -2.28. The van der Waals surface area contributed by atoms with E-state index in [4.69, 9.17) is 4.74 Å². The van der Waals surface area contributed by atoms with Crippen molar-refractivity contribution in [3.8, 4) is 0 Å². The highest BCUT2D eigenvalue weighted by atomic mass is 16.5. The zero-order chi connectivity index (χ0) is 17.0. The molecule has 0 saturated heterocycles. The van der Waals surface area contributed by atoms with Gasteiger partial charge in [-0.15, -0.1) is 0 Å². The molecule has 0 aromatic carbocycles. The van der Waals surface area contributed by atoms with Crippen molar-refractivity contribution < 1.29 is 14.3 Å². The Balaban J connectivity index is 4.33. The van der Waals surface area contributed by atoms with E-state index in [1.165, 1.54) is 12.8 Å². The fraction of sp³-hybridized carbons (Fsp3) is 0.889. The van der Waals surface area contributed by atoms with E-state index in [0.29, 0.717) is 13.0 Å². The van der Waals surface area contributed by atoms with Gasteiger partial charge in [-0.05, 0) is 33.1 Å². The largest absolute Gasteiger partial charge is 0.463 e. The van der Waals surface area contributed by atoms with Crippen LogP contribution in [0.3, 0.4) is 0 Å². The number of hydrogen-bond donors (Lipinski definition) is 0. The van der Waals surface area contributed by atoms with Gasteiger partial charge in [-0.2, -0.15) is 0 Å². The summed E-state index contributed by atoms with van der Waals surface area (Å²) in [5.74, 6) is -0.0387. The molecule has 0 fully saturated rings. The average Bonchev–Trinajstić information content (AvgIpc) is 2.51. The van der Waals surface area contributed by atoms with E-state index in [9.17, 15) is 9.59 Å². The van der Waals surface area contributed by atoms with Crippen LogP contribution in [0, 0.1) is 0 Å². The van der Waals surface area contributed by atoms with Crippen LogP contribution in [0.15, 0.2) is 0 Å². The Hall–Kier alpha value is -1.06. The van der Waals surface area contributed by atoms with Gasteiger partial charge in [0, 0.05) is 19.0 Å². The van der Waals surface area contributed by atoms with E-state index in [1.54, 1.807) is 0 Å². The number of esters is 1. The highest BCUT2D eigenvalue weighted by Gasteiger charge is 2.20. The first-order valence-electron chi connectivity index (χ1n) is 8.95. The highest BCUT2D eigenvalue weighted by molar-refractivity contribution is 5.77. The maximum absolute atomic E-state index is 12.4. The molecule has 0 rings (SSSR count). The Morgan fingerprint density at radius 1 is 0.955 bits per heavy atom. The molecule has 0 heterocycles. The first-order chi connectivity index (χ1) is 10.5. The molecular weight excluding hydrogens is 278 g/mol. The van der Waals surface area contributed by atoms with Gasteiger partial charge in [0.05, 0.1) is 12.5 Å². The number of nitrogens with zero attached hydrogens (tertiary/aromatic N) is 1. The topological polar surface area (TPSA) is 46.6 Å². The summed E-state index contributed by atoms with van der Waals surface area (Å²) in [7, 11) is 0. The van der Waals surface area contributed by atoms with Crippen LogP contribution in [0.5, 0.6) is 0 Å². The monoisotopic (exact) mass is 313 g/mol. The Morgan fingerprint density at radius 2 is 1.64 bits per heavy atom. The molecule has 0 saturated carbocycles. The fourth-order valence-corrected chi connectivity index (χ4v) is 2.24. The first-order valence-corrected chi connectivity index (χ1v) is 8.95. The lowest BCUT2D eigenvalue weighted by molar-refractivity contribution is -0.149. The normalized spacial score (nSPS) is 13.5. The maximum atomic E-state index is 12.4. The average molecular weight is 313 g/mol. The Bertz CT molecular complexity index is 317. The van der Waals surface area contributed by atoms with Gasteiger partial charge in [0.2, 0.25) is 5.91 Å². The Morgan fingerprint density at radius 3 is 2.18 bits per heavy atom. The molecule has 0 aliphatic heterocycles. The van der Waals surface area contributed by atoms with Crippen LogP contribution >= 0.6 is 0 Å². The Labute approximate surface area is 136 Å². The number of rotatable bonds is 12. The van der Waals surface area contributed by atoms with Crippen molar-refractivity contribution in [3.05, 3.63) is 0 Å². The lowest BCUT2D eigenvalue weighted by atomic mass is 10.1. The van der Waals surface area contributed by atoms with Gasteiger partial charge in [-0.1, -0.05) is 40.0 Å². The third-order valence-corrected chi connectivity index (χ3v) is 4.15. The number of carbonyl (C=O) groups excluding carboxylic acids is 2. The van der Waals surface area contributed by atoms with E-state index in [1.807, 2.05) is 25.7 Å². The van der Waals surface area contributed by atoms with Crippen molar-refractivity contribution >= 4 is 11.9 Å². The standard InChI is InChI=1S/C18H35NO3/c1-6-9-10-11-12-17(20)19(15(4)7-2)14-13-18(21)22-16(5)8-3/h15-16H,6-14H2,1-5H3. The third kappa shape index (κ3) is 9.06. The van der Waals surface area contributed by atoms with E-state index in [2.05, 4.69) is 13.8 Å². The second kappa shape index (κ2) is 12.5. The van der Waals surface area contributed by atoms with Crippen molar-refractivity contribution in [1.82, 2.24) is 4.90 Å². The molecule has 0 aromatic heterocycles. The van der Waals surface area contributed by atoms with Crippen LogP contribution in [0.1, 0.15) is 86.0 Å². The number of amides is 1. The summed E-state index contributed by atoms with van der Waals surface area (Å²) in [6.45, 7) is 10.6. The van der Waals surface area contributed by atoms with Gasteiger partial charge in [-0.25, -0.2) is 0 Å². The summed E-state index contributed by atoms with van der Waals surface area (Å²) in [4.78, 5) is 26.0. The van der Waals surface area contributed by atoms with Crippen molar-refractivity contribution in [2.75, 3.05) is 6.54 Å². The van der Waals surface area contributed by atoms with E-state index >= 15 is 0 Å². The van der Waals surface area contributed by atoms with Gasteiger partial charge in [0.1, 0.15) is 0 Å². The number of unbranched alkanes of at least 4 members (excludes halogenated alkanes) is 3. The molecule has 22 heavy (non-hydrogen) atoms. The lowest BCUT2D eigenvalue weighted by Crippen LogP contribution is -2.40. The van der Waals surface area contributed by atoms with E-state index in [-0.39, 0.29) is 30.4 Å². The molecule has 0 spiro atoms. The molecule has 4 heteroatoms. The highest BCUT2D eigenvalue weighted by Crippen LogP contribution is 2.11. The number of carbonyl (C=O) groups is 2. The minimum absolute atomic E-state index is 0.0470. The zero-order valence-electron chi connectivity index (χ0n) is 15.2. The fourth-order valence-electron chi connectivity index (χ4n) is 2.24. The predicted octanol–water partition coefficient (Wildman–Crippen LogP) is 4.32. The van der Waals surface area contributed by atoms with Crippen LogP contribution in [-0.2, 0) is 14.3 Å². The van der Waals surface area contributed by atoms with E-state index < -0.39 is 0 Å². The maximum Gasteiger partial charge on any atom is 0.307 e. The first kappa shape index (κ1) is 20.9. The third-order valence-electron chi connectivity index (χ3n) is 4.15. The van der Waals surface area contributed by atoms with Crippen molar-refractivity contribution in [2.45, 2.75) is 98.1 Å². The quantitative estimate of drug-likeness (QED) is 0.398. The molecule has 0 radical (unpaired) electrons. The van der Waals surface area contributed by atoms with Crippen LogP contribution in [0.25, 0.3) is 0 Å². The zero-order valence-corrected chi connectivity index (χ0v) is 15.2. The molecule has 1 amide bonds. The minimum Gasteiger partial charge on any atom is -0.463 e. The van der Waals surface area contributed by atoms with Crippen molar-refractivity contribution in [2.24, 2.45) is 0 Å². The summed E-state index contributed by atoms with van der Waals surface area (Å²) >= 11 is 0. The van der Waals surface area contributed by atoms with Crippen LogP contribution in [-0.4, -0.2) is 35.5 Å². The summed E-state index contributed by atoms with van der Waals surface area (Å²) in [5.41, 5.74) is 0. The molecule has 0 N–H and O–H groups in total. The van der Waals surface area contributed by atoms with Gasteiger partial charge >= 0.3 is 5.97 Å². The van der Waals surface area contributed by atoms with Gasteiger partial charge < -0.3 is 9.64 Å². The summed E-state index contributed by atoms with van der Waals surface area (Å²) in [5, 5.41) is 0. The summed E-state index contributed by atoms with van der Waals surface area (Å²) in [6, 6.07) is 0.176. The van der Waals surface area contributed by atoms with Crippen molar-refractivity contribution in [3.63, 3.8) is 0 Å². The summed E-state index contributed by atoms with van der Waals surface area (Å²) in [6.07, 6.45) is 6.94. The van der Waals surface area contributed by atoms with Crippen LogP contribution in [0.4, 0.5) is 0 Å². The molecule has 0 bridgehead atoms. The summed E-state index contributed by atoms with van der Waals surface area (Å²) < 4.78 is 5.28. The SMILES string of the molecule is CCCCCCC(=O)N(CCC(=O)OC(C)CC)C(C)CC. The van der Waals surface area contributed by atoms with Crippen LogP contribution < -0.4 is 0 Å². The number of ether oxygens (including phenoxy) is 1. The van der Waals surface area contributed by atoms with Gasteiger partial charge in [0.25, 0.3) is 0 Å². The molecule has 2 unspecified atom stereocenters. The Kier molecular flexibility index (Phi) is 11.9. The molecular formula is C18H35NO3.